The van der Waals surface area contributed by atoms with Crippen molar-refractivity contribution in [3.63, 3.8) is 0 Å². The molecule has 1 aromatic heterocycles. The smallest absolute Gasteiger partial charge is 0.184 e. The zero-order chi connectivity index (χ0) is 12.3. The topological polar surface area (TPSA) is 69.6 Å². The third-order valence-electron chi connectivity index (χ3n) is 2.65. The summed E-state index contributed by atoms with van der Waals surface area (Å²) in [5, 5.41) is 11.8. The Morgan fingerprint density at radius 1 is 1.29 bits per heavy atom. The van der Waals surface area contributed by atoms with Crippen molar-refractivity contribution in [3.8, 4) is 11.4 Å². The average molecular weight is 231 g/mol. The summed E-state index contributed by atoms with van der Waals surface area (Å²) in [6.07, 6.45) is 1.05. The number of tetrazole rings is 1. The normalized spacial score (nSPS) is 11.0. The van der Waals surface area contributed by atoms with Gasteiger partial charge in [-0.3, -0.25) is 0 Å². The number of nitrogen functional groups attached to an aromatic ring is 1. The lowest BCUT2D eigenvalue weighted by molar-refractivity contribution is 0.481. The van der Waals surface area contributed by atoms with Crippen LogP contribution in [-0.4, -0.2) is 20.2 Å². The molecule has 2 N–H and O–H groups in total. The molecular formula is C12H17N5. The van der Waals surface area contributed by atoms with Crippen LogP contribution < -0.4 is 5.73 Å². The van der Waals surface area contributed by atoms with Crippen molar-refractivity contribution in [1.29, 1.82) is 0 Å². The second-order valence-corrected chi connectivity index (χ2v) is 4.50. The number of para-hydroxylation sites is 1. The molecule has 2 rings (SSSR count). The van der Waals surface area contributed by atoms with E-state index in [0.717, 1.165) is 24.4 Å². The third kappa shape index (κ3) is 2.61. The number of nitrogens with two attached hydrogens (primary N) is 1. The van der Waals surface area contributed by atoms with Crippen molar-refractivity contribution in [1.82, 2.24) is 20.2 Å². The first-order chi connectivity index (χ1) is 8.18. The van der Waals surface area contributed by atoms with E-state index in [0.29, 0.717) is 11.6 Å². The predicted molar refractivity (Wildman–Crippen MR) is 67.1 cm³/mol. The van der Waals surface area contributed by atoms with E-state index in [1.54, 1.807) is 0 Å². The molecular weight excluding hydrogens is 214 g/mol. The highest BCUT2D eigenvalue weighted by molar-refractivity contribution is 5.70. The minimum atomic E-state index is 0.625. The van der Waals surface area contributed by atoms with E-state index in [1.807, 2.05) is 28.9 Å². The molecule has 0 radical (unpaired) electrons. The minimum absolute atomic E-state index is 0.625. The summed E-state index contributed by atoms with van der Waals surface area (Å²) in [6, 6.07) is 7.64. The lowest BCUT2D eigenvalue weighted by Gasteiger charge is -2.08. The van der Waals surface area contributed by atoms with Gasteiger partial charge in [-0.2, -0.15) is 0 Å². The Morgan fingerprint density at radius 2 is 2.06 bits per heavy atom. The molecule has 90 valence electrons. The second kappa shape index (κ2) is 4.95. The van der Waals surface area contributed by atoms with E-state index in [4.69, 9.17) is 5.73 Å². The number of rotatable bonds is 4. The van der Waals surface area contributed by atoms with Crippen LogP contribution in [0.3, 0.4) is 0 Å². The molecule has 0 amide bonds. The van der Waals surface area contributed by atoms with Crippen LogP contribution >= 0.6 is 0 Å². The molecule has 2 aromatic rings. The maximum Gasteiger partial charge on any atom is 0.184 e. The highest BCUT2D eigenvalue weighted by Gasteiger charge is 2.11. The van der Waals surface area contributed by atoms with Crippen molar-refractivity contribution in [2.75, 3.05) is 5.73 Å². The molecule has 0 spiro atoms. The van der Waals surface area contributed by atoms with Crippen LogP contribution in [0.1, 0.15) is 20.3 Å². The Hall–Kier alpha value is -1.91. The van der Waals surface area contributed by atoms with Crippen LogP contribution in [0, 0.1) is 5.92 Å². The van der Waals surface area contributed by atoms with Crippen LogP contribution in [-0.2, 0) is 6.54 Å². The molecule has 0 aliphatic carbocycles. The van der Waals surface area contributed by atoms with Gasteiger partial charge in [0.15, 0.2) is 5.82 Å². The van der Waals surface area contributed by atoms with Crippen LogP contribution in [0.25, 0.3) is 11.4 Å². The van der Waals surface area contributed by atoms with Gasteiger partial charge in [-0.25, -0.2) is 4.68 Å². The van der Waals surface area contributed by atoms with Gasteiger partial charge in [0.05, 0.1) is 0 Å². The van der Waals surface area contributed by atoms with Crippen molar-refractivity contribution in [2.24, 2.45) is 5.92 Å². The van der Waals surface area contributed by atoms with Crippen LogP contribution in [0.2, 0.25) is 0 Å². The fourth-order valence-corrected chi connectivity index (χ4v) is 1.63. The van der Waals surface area contributed by atoms with Gasteiger partial charge in [-0.15, -0.1) is 5.10 Å². The summed E-state index contributed by atoms with van der Waals surface area (Å²) in [4.78, 5) is 0. The molecule has 0 aliphatic heterocycles. The first-order valence-corrected chi connectivity index (χ1v) is 5.79. The van der Waals surface area contributed by atoms with Crippen molar-refractivity contribution < 1.29 is 0 Å². The molecule has 0 aliphatic rings. The fraction of sp³-hybridized carbons (Fsp3) is 0.417. The van der Waals surface area contributed by atoms with Crippen LogP contribution in [0.5, 0.6) is 0 Å². The molecule has 0 saturated carbocycles. The molecule has 5 heteroatoms. The van der Waals surface area contributed by atoms with Gasteiger partial charge >= 0.3 is 0 Å². The molecule has 0 bridgehead atoms. The monoisotopic (exact) mass is 231 g/mol. The van der Waals surface area contributed by atoms with Gasteiger partial charge in [0.1, 0.15) is 0 Å². The number of nitrogens with zero attached hydrogens (tertiary/aromatic N) is 4. The Balaban J connectivity index is 2.28. The van der Waals surface area contributed by atoms with Gasteiger partial charge in [-0.05, 0) is 34.9 Å². The standard InChI is InChI=1S/C12H17N5/c1-9(2)7-8-17-12(14-15-16-17)10-5-3-4-6-11(10)13/h3-6,9H,7-8,13H2,1-2H3. The summed E-state index contributed by atoms with van der Waals surface area (Å²) < 4.78 is 1.81. The number of benzene rings is 1. The van der Waals surface area contributed by atoms with E-state index in [9.17, 15) is 0 Å². The van der Waals surface area contributed by atoms with Crippen molar-refractivity contribution in [3.05, 3.63) is 24.3 Å². The Kier molecular flexibility index (Phi) is 3.37. The molecule has 0 unspecified atom stereocenters. The van der Waals surface area contributed by atoms with Crippen molar-refractivity contribution >= 4 is 5.69 Å². The van der Waals surface area contributed by atoms with E-state index in [1.165, 1.54) is 0 Å². The summed E-state index contributed by atoms with van der Waals surface area (Å²) >= 11 is 0. The van der Waals surface area contributed by atoms with Crippen LogP contribution in [0.4, 0.5) is 5.69 Å². The number of aromatic nitrogens is 4. The van der Waals surface area contributed by atoms with Gasteiger partial charge in [-0.1, -0.05) is 26.0 Å². The number of hydrogen-bond acceptors (Lipinski definition) is 4. The molecule has 1 heterocycles. The molecule has 0 atom stereocenters. The van der Waals surface area contributed by atoms with E-state index < -0.39 is 0 Å². The summed E-state index contributed by atoms with van der Waals surface area (Å²) in [5.74, 6) is 1.36. The maximum absolute atomic E-state index is 5.93. The van der Waals surface area contributed by atoms with E-state index in [2.05, 4.69) is 29.4 Å². The Morgan fingerprint density at radius 3 is 2.76 bits per heavy atom. The zero-order valence-electron chi connectivity index (χ0n) is 10.2. The molecule has 5 nitrogen and oxygen atoms in total. The molecule has 0 saturated heterocycles. The summed E-state index contributed by atoms with van der Waals surface area (Å²) in [5.41, 5.74) is 7.52. The lowest BCUT2D eigenvalue weighted by Crippen LogP contribution is -2.06. The van der Waals surface area contributed by atoms with Gasteiger partial charge in [0.2, 0.25) is 0 Å². The molecule has 1 aromatic carbocycles. The van der Waals surface area contributed by atoms with Crippen molar-refractivity contribution in [2.45, 2.75) is 26.8 Å². The molecule has 0 fully saturated rings. The third-order valence-corrected chi connectivity index (χ3v) is 2.65. The second-order valence-electron chi connectivity index (χ2n) is 4.50. The van der Waals surface area contributed by atoms with Gasteiger partial charge < -0.3 is 5.73 Å². The average Bonchev–Trinajstić information content (AvgIpc) is 2.75. The van der Waals surface area contributed by atoms with Gasteiger partial charge in [0, 0.05) is 17.8 Å². The SMILES string of the molecule is CC(C)CCn1nnnc1-c1ccccc1N. The van der Waals surface area contributed by atoms with E-state index in [-0.39, 0.29) is 0 Å². The number of anilines is 1. The quantitative estimate of drug-likeness (QED) is 0.817. The summed E-state index contributed by atoms with van der Waals surface area (Å²) in [7, 11) is 0. The van der Waals surface area contributed by atoms with Gasteiger partial charge in [0.25, 0.3) is 0 Å². The first kappa shape index (κ1) is 11.6. The largest absolute Gasteiger partial charge is 0.398 e. The number of aryl methyl sites for hydroxylation is 1. The first-order valence-electron chi connectivity index (χ1n) is 5.79. The lowest BCUT2D eigenvalue weighted by atomic mass is 10.1. The highest BCUT2D eigenvalue weighted by Crippen LogP contribution is 2.22. The van der Waals surface area contributed by atoms with Crippen LogP contribution in [0.15, 0.2) is 24.3 Å². The molecule has 17 heavy (non-hydrogen) atoms. The Bertz CT molecular complexity index is 489. The summed E-state index contributed by atoms with van der Waals surface area (Å²) in [6.45, 7) is 5.18. The van der Waals surface area contributed by atoms with E-state index >= 15 is 0 Å². The minimum Gasteiger partial charge on any atom is -0.398 e. The zero-order valence-corrected chi connectivity index (χ0v) is 10.2. The maximum atomic E-state index is 5.93. The Labute approximate surface area is 101 Å². The highest BCUT2D eigenvalue weighted by atomic mass is 15.5. The fourth-order valence-electron chi connectivity index (χ4n) is 1.63. The number of hydrogen-bond donors (Lipinski definition) is 1. The predicted octanol–water partition coefficient (Wildman–Crippen LogP) is 1.97.